The topological polar surface area (TPSA) is 103 Å². The first-order valence-electron chi connectivity index (χ1n) is 15.0. The third-order valence-electron chi connectivity index (χ3n) is 7.70. The number of carbonyl (C=O) groups is 2. The molecule has 2 aromatic carbocycles. The van der Waals surface area contributed by atoms with Crippen molar-refractivity contribution < 1.29 is 9.59 Å². The van der Waals surface area contributed by atoms with Gasteiger partial charge in [0, 0.05) is 80.2 Å². The highest BCUT2D eigenvalue weighted by atomic mass is 16.2. The summed E-state index contributed by atoms with van der Waals surface area (Å²) in [6.07, 6.45) is 9.08. The third-order valence-corrected chi connectivity index (χ3v) is 7.70. The second-order valence-electron chi connectivity index (χ2n) is 10.9. The van der Waals surface area contributed by atoms with Crippen LogP contribution in [0.2, 0.25) is 0 Å². The lowest BCUT2D eigenvalue weighted by Gasteiger charge is -2.34. The van der Waals surface area contributed by atoms with E-state index in [0.29, 0.717) is 23.6 Å². The summed E-state index contributed by atoms with van der Waals surface area (Å²) in [5, 5.41) is 6.29. The zero-order chi connectivity index (χ0) is 30.0. The number of nitrogens with one attached hydrogen (secondary N) is 2. The Hall–Kier alpha value is -4.63. The molecule has 1 saturated heterocycles. The van der Waals surface area contributed by atoms with Crippen molar-refractivity contribution in [1.82, 2.24) is 24.8 Å². The Balaban J connectivity index is 1.14. The normalized spacial score (nSPS) is 13.5. The molecule has 0 saturated carbocycles. The van der Waals surface area contributed by atoms with Gasteiger partial charge in [-0.15, -0.1) is 0 Å². The predicted molar refractivity (Wildman–Crippen MR) is 170 cm³/mol. The van der Waals surface area contributed by atoms with Crippen molar-refractivity contribution in [2.75, 3.05) is 36.8 Å². The summed E-state index contributed by atoms with van der Waals surface area (Å²) in [5.74, 6) is 0.568. The number of pyridine rings is 1. The molecule has 0 spiro atoms. The third kappa shape index (κ3) is 8.23. The molecule has 0 unspecified atom stereocenters. The van der Waals surface area contributed by atoms with E-state index in [1.165, 1.54) is 0 Å². The molecule has 9 nitrogen and oxygen atoms in total. The first-order valence-corrected chi connectivity index (χ1v) is 15.0. The number of anilines is 3. The van der Waals surface area contributed by atoms with Gasteiger partial charge < -0.3 is 15.5 Å². The summed E-state index contributed by atoms with van der Waals surface area (Å²) in [7, 11) is 0. The van der Waals surface area contributed by atoms with Crippen LogP contribution in [-0.2, 0) is 11.3 Å². The summed E-state index contributed by atoms with van der Waals surface area (Å²) < 4.78 is 0. The Bertz CT molecular complexity index is 1520. The minimum Gasteiger partial charge on any atom is -0.340 e. The molecule has 2 amide bonds. The number of benzene rings is 2. The van der Waals surface area contributed by atoms with Gasteiger partial charge >= 0.3 is 0 Å². The molecule has 5 rings (SSSR count). The van der Waals surface area contributed by atoms with Crippen LogP contribution in [0.4, 0.5) is 17.3 Å². The monoisotopic (exact) mass is 577 g/mol. The van der Waals surface area contributed by atoms with Crippen molar-refractivity contribution in [2.45, 2.75) is 46.1 Å². The number of rotatable bonds is 11. The Morgan fingerprint density at radius 1 is 0.930 bits per heavy atom. The molecule has 3 heterocycles. The van der Waals surface area contributed by atoms with Crippen LogP contribution in [0, 0.1) is 6.92 Å². The van der Waals surface area contributed by atoms with E-state index in [1.807, 2.05) is 72.5 Å². The fourth-order valence-corrected chi connectivity index (χ4v) is 5.11. The van der Waals surface area contributed by atoms with E-state index in [1.54, 1.807) is 18.6 Å². The van der Waals surface area contributed by atoms with Gasteiger partial charge in [0.15, 0.2) is 0 Å². The molecule has 43 heavy (non-hydrogen) atoms. The lowest BCUT2D eigenvalue weighted by molar-refractivity contribution is -0.133. The van der Waals surface area contributed by atoms with Gasteiger partial charge in [-0.3, -0.25) is 19.5 Å². The van der Waals surface area contributed by atoms with Gasteiger partial charge in [-0.2, -0.15) is 0 Å². The van der Waals surface area contributed by atoms with E-state index in [0.717, 1.165) is 80.1 Å². The maximum atomic E-state index is 13.1. The zero-order valence-corrected chi connectivity index (χ0v) is 24.9. The highest BCUT2D eigenvalue weighted by Gasteiger charge is 2.21. The second-order valence-corrected chi connectivity index (χ2v) is 10.9. The van der Waals surface area contributed by atoms with E-state index >= 15 is 0 Å². The molecule has 9 heteroatoms. The number of carbonyl (C=O) groups excluding carboxylic acids is 2. The SMILES string of the molecule is CCCCCC(=O)N1CCN(Cc2ccc(C(=O)Nc3ccc(C)c(Nc4nccc(-c5cccnc5)n4)c3)cc2)CC1. The quantitative estimate of drug-likeness (QED) is 0.209. The van der Waals surface area contributed by atoms with E-state index in [-0.39, 0.29) is 11.8 Å². The first kappa shape index (κ1) is 29.8. The smallest absolute Gasteiger partial charge is 0.255 e. The molecule has 2 aromatic heterocycles. The Labute approximate surface area is 253 Å². The molecule has 0 radical (unpaired) electrons. The molecule has 1 fully saturated rings. The highest BCUT2D eigenvalue weighted by Crippen LogP contribution is 2.25. The van der Waals surface area contributed by atoms with Gasteiger partial charge in [0.1, 0.15) is 0 Å². The fourth-order valence-electron chi connectivity index (χ4n) is 5.11. The van der Waals surface area contributed by atoms with Crippen LogP contribution in [0.25, 0.3) is 11.3 Å². The maximum Gasteiger partial charge on any atom is 0.255 e. The van der Waals surface area contributed by atoms with Crippen molar-refractivity contribution in [3.63, 3.8) is 0 Å². The molecule has 222 valence electrons. The van der Waals surface area contributed by atoms with Crippen molar-refractivity contribution in [2.24, 2.45) is 0 Å². The molecule has 1 aliphatic rings. The largest absolute Gasteiger partial charge is 0.340 e. The highest BCUT2D eigenvalue weighted by molar-refractivity contribution is 6.04. The van der Waals surface area contributed by atoms with Crippen molar-refractivity contribution >= 4 is 29.1 Å². The first-order chi connectivity index (χ1) is 21.0. The molecular weight excluding hydrogens is 538 g/mol. The number of hydrogen-bond acceptors (Lipinski definition) is 7. The van der Waals surface area contributed by atoms with Gasteiger partial charge in [-0.05, 0) is 66.9 Å². The fraction of sp³-hybridized carbons (Fsp3) is 0.324. The molecule has 4 aromatic rings. The molecule has 0 bridgehead atoms. The van der Waals surface area contributed by atoms with Gasteiger partial charge in [0.25, 0.3) is 5.91 Å². The number of aryl methyl sites for hydroxylation is 1. The van der Waals surface area contributed by atoms with E-state index < -0.39 is 0 Å². The van der Waals surface area contributed by atoms with Crippen molar-refractivity contribution in [3.8, 4) is 11.3 Å². The van der Waals surface area contributed by atoms with Crippen LogP contribution in [0.3, 0.4) is 0 Å². The maximum absolute atomic E-state index is 13.1. The van der Waals surface area contributed by atoms with E-state index in [9.17, 15) is 9.59 Å². The van der Waals surface area contributed by atoms with Crippen LogP contribution >= 0.6 is 0 Å². The average molecular weight is 578 g/mol. The van der Waals surface area contributed by atoms with Crippen LogP contribution in [-0.4, -0.2) is 62.7 Å². The molecular formula is C34H39N7O2. The summed E-state index contributed by atoms with van der Waals surface area (Å²) >= 11 is 0. The predicted octanol–water partition coefficient (Wildman–Crippen LogP) is 6.07. The number of amides is 2. The number of nitrogens with zero attached hydrogens (tertiary/aromatic N) is 5. The van der Waals surface area contributed by atoms with Crippen molar-refractivity contribution in [3.05, 3.63) is 95.9 Å². The summed E-state index contributed by atoms with van der Waals surface area (Å²) in [6, 6.07) is 19.1. The Morgan fingerprint density at radius 3 is 2.49 bits per heavy atom. The molecule has 1 aliphatic heterocycles. The summed E-state index contributed by atoms with van der Waals surface area (Å²) in [6.45, 7) is 8.23. The van der Waals surface area contributed by atoms with E-state index in [4.69, 9.17) is 0 Å². The van der Waals surface area contributed by atoms with Crippen LogP contribution in [0.1, 0.15) is 54.1 Å². The van der Waals surface area contributed by atoms with Crippen LogP contribution < -0.4 is 10.6 Å². The Morgan fingerprint density at radius 2 is 1.74 bits per heavy atom. The van der Waals surface area contributed by atoms with E-state index in [2.05, 4.69) is 37.4 Å². The van der Waals surface area contributed by atoms with Gasteiger partial charge in [0.05, 0.1) is 5.69 Å². The van der Waals surface area contributed by atoms with Crippen LogP contribution in [0.5, 0.6) is 0 Å². The minimum absolute atomic E-state index is 0.175. The number of hydrogen-bond donors (Lipinski definition) is 2. The van der Waals surface area contributed by atoms with Gasteiger partial charge in [0.2, 0.25) is 11.9 Å². The summed E-state index contributed by atoms with van der Waals surface area (Å²) in [4.78, 5) is 43.0. The lowest BCUT2D eigenvalue weighted by atomic mass is 10.1. The lowest BCUT2D eigenvalue weighted by Crippen LogP contribution is -2.48. The minimum atomic E-state index is -0.175. The molecule has 0 aliphatic carbocycles. The number of aromatic nitrogens is 3. The van der Waals surface area contributed by atoms with Crippen LogP contribution in [0.15, 0.2) is 79.3 Å². The second kappa shape index (κ2) is 14.5. The summed E-state index contributed by atoms with van der Waals surface area (Å²) in [5.41, 5.74) is 5.89. The standard InChI is InChI=1S/C34H39N7O2/c1-3-4-5-8-32(42)41-20-18-40(19-21-41)24-26-10-12-27(13-11-26)33(43)37-29-14-9-25(2)31(22-29)39-34-36-17-15-30(38-34)28-7-6-16-35-23-28/h6-7,9-17,22-23H,3-5,8,18-21,24H2,1-2H3,(H,37,43)(H,36,38,39). The van der Waals surface area contributed by atoms with Crippen molar-refractivity contribution in [1.29, 1.82) is 0 Å². The molecule has 2 N–H and O–H groups in total. The number of unbranched alkanes of at least 4 members (excludes halogenated alkanes) is 2. The number of piperazine rings is 1. The zero-order valence-electron chi connectivity index (χ0n) is 24.9. The molecule has 0 atom stereocenters. The average Bonchev–Trinajstić information content (AvgIpc) is 3.04. The Kier molecular flexibility index (Phi) is 10.1. The van der Waals surface area contributed by atoms with Gasteiger partial charge in [-0.1, -0.05) is 38.0 Å². The van der Waals surface area contributed by atoms with Gasteiger partial charge in [-0.25, -0.2) is 9.97 Å².